The van der Waals surface area contributed by atoms with Gasteiger partial charge in [-0.3, -0.25) is 4.79 Å². The van der Waals surface area contributed by atoms with E-state index in [0.29, 0.717) is 6.54 Å². The maximum atomic E-state index is 14.1. The summed E-state index contributed by atoms with van der Waals surface area (Å²) in [6.07, 6.45) is 1.88. The number of amides is 1. The molecule has 2 heterocycles. The van der Waals surface area contributed by atoms with Crippen LogP contribution in [0, 0.1) is 0 Å². The quantitative estimate of drug-likeness (QED) is 0.318. The van der Waals surface area contributed by atoms with E-state index in [1.165, 1.54) is 7.11 Å². The minimum Gasteiger partial charge on any atom is -0.467 e. The lowest BCUT2D eigenvalue weighted by Crippen LogP contribution is -2.44. The molecule has 0 fully saturated rings. The van der Waals surface area contributed by atoms with Crippen molar-refractivity contribution in [1.29, 1.82) is 0 Å². The molecule has 0 N–H and O–H groups in total. The van der Waals surface area contributed by atoms with Gasteiger partial charge in [0.2, 0.25) is 5.91 Å². The second-order valence-electron chi connectivity index (χ2n) is 8.41. The zero-order chi connectivity index (χ0) is 24.2. The summed E-state index contributed by atoms with van der Waals surface area (Å²) in [5.74, 6) is -1.08. The smallest absolute Gasteiger partial charge is 0.332 e. The van der Waals surface area contributed by atoms with Gasteiger partial charge in [0.15, 0.2) is 0 Å². The van der Waals surface area contributed by atoms with Crippen LogP contribution in [0.15, 0.2) is 109 Å². The number of hydrogen-bond donors (Lipinski definition) is 0. The van der Waals surface area contributed by atoms with Gasteiger partial charge < -0.3 is 9.64 Å². The molecule has 4 nitrogen and oxygen atoms in total. The Balaban J connectivity index is 1.53. The van der Waals surface area contributed by atoms with Gasteiger partial charge >= 0.3 is 5.97 Å². The van der Waals surface area contributed by atoms with Crippen LogP contribution in [0.1, 0.15) is 21.9 Å². The Morgan fingerprint density at radius 3 is 2.00 bits per heavy atom. The lowest BCUT2D eigenvalue weighted by atomic mass is 9.89. The number of carbonyl (C=O) groups excluding carboxylic acids is 2. The molecule has 3 aromatic carbocycles. The zero-order valence-corrected chi connectivity index (χ0v) is 20.2. The minimum atomic E-state index is -0.775. The summed E-state index contributed by atoms with van der Waals surface area (Å²) >= 11 is 1.62. The molecule has 4 aromatic rings. The lowest BCUT2D eigenvalue weighted by molar-refractivity contribution is -0.149. The van der Waals surface area contributed by atoms with Crippen LogP contribution in [-0.4, -0.2) is 36.5 Å². The molecular weight excluding hydrogens is 454 g/mol. The van der Waals surface area contributed by atoms with Crippen LogP contribution in [0.4, 0.5) is 0 Å². The van der Waals surface area contributed by atoms with E-state index >= 15 is 0 Å². The van der Waals surface area contributed by atoms with Crippen molar-refractivity contribution in [2.45, 2.75) is 12.0 Å². The van der Waals surface area contributed by atoms with Gasteiger partial charge in [0.05, 0.1) is 13.0 Å². The van der Waals surface area contributed by atoms with E-state index in [-0.39, 0.29) is 5.91 Å². The Bertz CT molecular complexity index is 1310. The molecule has 174 valence electrons. The van der Waals surface area contributed by atoms with E-state index < -0.39 is 17.9 Å². The molecule has 0 aliphatic carbocycles. The van der Waals surface area contributed by atoms with Crippen molar-refractivity contribution in [1.82, 2.24) is 4.90 Å². The first-order chi connectivity index (χ1) is 17.2. The summed E-state index contributed by atoms with van der Waals surface area (Å²) in [7, 11) is 1.36. The first-order valence-electron chi connectivity index (χ1n) is 11.5. The predicted molar refractivity (Wildman–Crippen MR) is 140 cm³/mol. The van der Waals surface area contributed by atoms with Gasteiger partial charge in [-0.05, 0) is 39.8 Å². The van der Waals surface area contributed by atoms with Crippen molar-refractivity contribution in [3.8, 4) is 11.1 Å². The number of nitrogens with zero attached hydrogens (tertiary/aromatic N) is 1. The molecule has 0 saturated carbocycles. The van der Waals surface area contributed by atoms with Crippen LogP contribution in [0.25, 0.3) is 16.7 Å². The highest BCUT2D eigenvalue weighted by molar-refractivity contribution is 7.11. The molecule has 0 spiro atoms. The highest BCUT2D eigenvalue weighted by Gasteiger charge is 2.39. The number of carbonyl (C=O) groups is 2. The topological polar surface area (TPSA) is 46.6 Å². The number of thiophene rings is 1. The van der Waals surface area contributed by atoms with E-state index in [9.17, 15) is 9.59 Å². The van der Waals surface area contributed by atoms with Gasteiger partial charge in [-0.1, -0.05) is 91.0 Å². The maximum Gasteiger partial charge on any atom is 0.332 e. The Hall–Kier alpha value is -3.96. The summed E-state index contributed by atoms with van der Waals surface area (Å²) in [6.45, 7) is 0.342. The molecule has 5 heteroatoms. The number of methoxy groups -OCH3 is 1. The first kappa shape index (κ1) is 22.8. The highest BCUT2D eigenvalue weighted by Crippen LogP contribution is 2.39. The Morgan fingerprint density at radius 1 is 0.857 bits per heavy atom. The molecule has 1 amide bonds. The normalized spacial score (nSPS) is 15.2. The van der Waals surface area contributed by atoms with Gasteiger partial charge in [0.1, 0.15) is 6.04 Å². The Labute approximate surface area is 209 Å². The summed E-state index contributed by atoms with van der Waals surface area (Å²) in [5, 5.41) is 2.05. The molecule has 0 saturated heterocycles. The first-order valence-corrected chi connectivity index (χ1v) is 12.4. The Kier molecular flexibility index (Phi) is 6.59. The molecular formula is C30H25NO3S. The van der Waals surface area contributed by atoms with Gasteiger partial charge in [0.25, 0.3) is 0 Å². The average Bonchev–Trinajstić information content (AvgIpc) is 3.58. The Morgan fingerprint density at radius 2 is 1.43 bits per heavy atom. The molecule has 1 aliphatic heterocycles. The molecule has 1 aliphatic rings. The number of esters is 1. The fraction of sp³-hybridized carbons (Fsp3) is 0.133. The van der Waals surface area contributed by atoms with Crippen LogP contribution in [0.5, 0.6) is 0 Å². The van der Waals surface area contributed by atoms with Crippen molar-refractivity contribution in [3.05, 3.63) is 125 Å². The van der Waals surface area contributed by atoms with Crippen LogP contribution < -0.4 is 0 Å². The second kappa shape index (κ2) is 10.1. The van der Waals surface area contributed by atoms with E-state index in [2.05, 4.69) is 18.2 Å². The standard InChI is InChI=1S/C30H25NO3S/c1-34-30(33)26-19-24(28-25(17-18-35-28)21-11-5-2-6-12-21)20-31(26)29(32)27(22-13-7-3-8-14-22)23-15-9-4-10-16-23/h2-19,26-27H,20H2,1H3. The third-order valence-corrected chi connectivity index (χ3v) is 7.31. The molecule has 1 aromatic heterocycles. The van der Waals surface area contributed by atoms with E-state index in [1.54, 1.807) is 16.2 Å². The van der Waals surface area contributed by atoms with E-state index in [1.807, 2.05) is 90.3 Å². The molecule has 5 rings (SSSR count). The van der Waals surface area contributed by atoms with Crippen molar-refractivity contribution in [2.24, 2.45) is 0 Å². The number of ether oxygens (including phenoxy) is 1. The number of rotatable bonds is 6. The second-order valence-corrected chi connectivity index (χ2v) is 9.33. The van der Waals surface area contributed by atoms with Crippen molar-refractivity contribution in [3.63, 3.8) is 0 Å². The molecule has 35 heavy (non-hydrogen) atoms. The van der Waals surface area contributed by atoms with Crippen molar-refractivity contribution >= 4 is 28.8 Å². The fourth-order valence-corrected chi connectivity index (χ4v) is 5.57. The number of hydrogen-bond acceptors (Lipinski definition) is 4. The highest BCUT2D eigenvalue weighted by atomic mass is 32.1. The van der Waals surface area contributed by atoms with Crippen LogP contribution in [0.3, 0.4) is 0 Å². The molecule has 1 unspecified atom stereocenters. The summed E-state index contributed by atoms with van der Waals surface area (Å²) in [6, 6.07) is 30.9. The van der Waals surface area contributed by atoms with Crippen LogP contribution >= 0.6 is 11.3 Å². The van der Waals surface area contributed by atoms with Crippen molar-refractivity contribution in [2.75, 3.05) is 13.7 Å². The molecule has 0 radical (unpaired) electrons. The fourth-order valence-electron chi connectivity index (χ4n) is 4.63. The third-order valence-electron chi connectivity index (χ3n) is 6.32. The van der Waals surface area contributed by atoms with Crippen LogP contribution in [-0.2, 0) is 14.3 Å². The maximum absolute atomic E-state index is 14.1. The minimum absolute atomic E-state index is 0.123. The molecule has 0 bridgehead atoms. The lowest BCUT2D eigenvalue weighted by Gasteiger charge is -2.28. The van der Waals surface area contributed by atoms with E-state index in [0.717, 1.165) is 32.7 Å². The number of benzene rings is 3. The van der Waals surface area contributed by atoms with E-state index in [4.69, 9.17) is 4.74 Å². The largest absolute Gasteiger partial charge is 0.467 e. The summed E-state index contributed by atoms with van der Waals surface area (Å²) in [4.78, 5) is 29.7. The van der Waals surface area contributed by atoms with Gasteiger partial charge in [0, 0.05) is 17.0 Å². The van der Waals surface area contributed by atoms with Gasteiger partial charge in [-0.15, -0.1) is 11.3 Å². The molecule has 1 atom stereocenters. The van der Waals surface area contributed by atoms with Gasteiger partial charge in [-0.2, -0.15) is 0 Å². The van der Waals surface area contributed by atoms with Crippen molar-refractivity contribution < 1.29 is 14.3 Å². The van der Waals surface area contributed by atoms with Crippen LogP contribution in [0.2, 0.25) is 0 Å². The average molecular weight is 480 g/mol. The third kappa shape index (κ3) is 4.55. The monoisotopic (exact) mass is 479 g/mol. The zero-order valence-electron chi connectivity index (χ0n) is 19.3. The summed E-state index contributed by atoms with van der Waals surface area (Å²) in [5.41, 5.74) is 4.95. The SMILES string of the molecule is COC(=O)C1C=C(c2sccc2-c2ccccc2)CN1C(=O)C(c1ccccc1)c1ccccc1. The summed E-state index contributed by atoms with van der Waals surface area (Å²) < 4.78 is 5.11. The van der Waals surface area contributed by atoms with Gasteiger partial charge in [-0.25, -0.2) is 4.79 Å². The predicted octanol–water partition coefficient (Wildman–Crippen LogP) is 6.01.